The Kier molecular flexibility index (Phi) is 5.27. The Labute approximate surface area is 105 Å². The summed E-state index contributed by atoms with van der Waals surface area (Å²) in [7, 11) is 3.04. The zero-order valence-corrected chi connectivity index (χ0v) is 11.2. The van der Waals surface area contributed by atoms with Crippen LogP contribution in [0, 0.1) is 11.6 Å². The van der Waals surface area contributed by atoms with Crippen molar-refractivity contribution in [3.05, 3.63) is 35.4 Å². The number of hydrogen-bond acceptors (Lipinski definition) is 1. The van der Waals surface area contributed by atoms with E-state index in [9.17, 15) is 8.78 Å². The average molecular weight is 255 g/mol. The van der Waals surface area contributed by atoms with Crippen molar-refractivity contribution in [2.45, 2.75) is 45.1 Å². The van der Waals surface area contributed by atoms with E-state index < -0.39 is 11.6 Å². The van der Waals surface area contributed by atoms with Crippen LogP contribution in [0.25, 0.3) is 0 Å². The van der Waals surface area contributed by atoms with Crippen LogP contribution in [-0.4, -0.2) is 16.1 Å². The minimum Gasteiger partial charge on any atom is -0.414 e. The highest BCUT2D eigenvalue weighted by molar-refractivity contribution is 5.98. The second-order valence-corrected chi connectivity index (χ2v) is 5.02. The third kappa shape index (κ3) is 4.96. The number of unbranched alkanes of at least 4 members (excludes halogenated alkanes) is 1. The quantitative estimate of drug-likeness (QED) is 0.558. The van der Waals surface area contributed by atoms with E-state index in [0.29, 0.717) is 0 Å². The third-order valence-electron chi connectivity index (χ3n) is 2.75. The minimum atomic E-state index is -0.790. The lowest BCUT2D eigenvalue weighted by Gasteiger charge is -2.22. The van der Waals surface area contributed by atoms with E-state index >= 15 is 0 Å². The second kappa shape index (κ2) is 6.26. The molecule has 0 unspecified atom stereocenters. The van der Waals surface area contributed by atoms with Crippen LogP contribution in [0.5, 0.6) is 0 Å². The Bertz CT molecular complexity index is 366. The van der Waals surface area contributed by atoms with Gasteiger partial charge in [0.05, 0.1) is 0 Å². The smallest absolute Gasteiger partial charge is 0.246 e. The Morgan fingerprint density at radius 3 is 2.47 bits per heavy atom. The first-order chi connectivity index (χ1) is 7.94. The molecule has 1 rings (SSSR count). The molecule has 0 aliphatic carbocycles. The molecule has 0 spiro atoms. The van der Waals surface area contributed by atoms with Crippen molar-refractivity contribution >= 4 is 10.5 Å². The zero-order chi connectivity index (χ0) is 12.9. The number of hydrogen-bond donors (Lipinski definition) is 0. The molecule has 0 aliphatic heterocycles. The van der Waals surface area contributed by atoms with Gasteiger partial charge in [0.15, 0.2) is 11.6 Å². The normalized spacial score (nSPS) is 11.8. The van der Waals surface area contributed by atoms with Gasteiger partial charge >= 0.3 is 0 Å². The van der Waals surface area contributed by atoms with Crippen molar-refractivity contribution in [1.29, 1.82) is 0 Å². The molecule has 0 aromatic heterocycles. The molecule has 1 aromatic rings. The highest BCUT2D eigenvalue weighted by Crippen LogP contribution is 2.18. The van der Waals surface area contributed by atoms with Gasteiger partial charge in [-0.3, -0.25) is 0 Å². The van der Waals surface area contributed by atoms with Crippen LogP contribution in [0.3, 0.4) is 0 Å². The standard InChI is InChI=1S/C13H17F2OSi/c1-13(2,16-17)8-4-3-5-10-6-7-11(14)12(15)9-10/h6-7,9H,3-5,8H2,1-2H3. The molecule has 0 atom stereocenters. The summed E-state index contributed by atoms with van der Waals surface area (Å²) in [5.41, 5.74) is 0.645. The molecule has 0 N–H and O–H groups in total. The lowest BCUT2D eigenvalue weighted by atomic mass is 9.99. The lowest BCUT2D eigenvalue weighted by molar-refractivity contribution is 0.109. The van der Waals surface area contributed by atoms with E-state index in [1.165, 1.54) is 12.1 Å². The Hall–Kier alpha value is -0.743. The maximum atomic E-state index is 12.9. The largest absolute Gasteiger partial charge is 0.414 e. The molecule has 0 saturated carbocycles. The summed E-state index contributed by atoms with van der Waals surface area (Å²) in [5.74, 6) is -1.56. The molecule has 0 saturated heterocycles. The molecule has 0 amide bonds. The Balaban J connectivity index is 2.34. The highest BCUT2D eigenvalue weighted by Gasteiger charge is 2.14. The number of halogens is 2. The highest BCUT2D eigenvalue weighted by atomic mass is 28.2. The summed E-state index contributed by atoms with van der Waals surface area (Å²) in [6.07, 6.45) is 3.59. The summed E-state index contributed by atoms with van der Waals surface area (Å²) in [5, 5.41) is 0. The molecular formula is C13H17F2OSi. The van der Waals surface area contributed by atoms with Crippen LogP contribution in [0.2, 0.25) is 0 Å². The first-order valence-corrected chi connectivity index (χ1v) is 6.14. The number of rotatable bonds is 6. The second-order valence-electron chi connectivity index (χ2n) is 4.82. The molecule has 0 bridgehead atoms. The molecule has 0 heterocycles. The van der Waals surface area contributed by atoms with E-state index in [2.05, 4.69) is 10.5 Å². The summed E-state index contributed by atoms with van der Waals surface area (Å²) < 4.78 is 30.7. The van der Waals surface area contributed by atoms with Crippen molar-refractivity contribution in [2.24, 2.45) is 0 Å². The molecule has 1 nitrogen and oxygen atoms in total. The molecule has 1 aromatic carbocycles. The predicted octanol–water partition coefficient (Wildman–Crippen LogP) is 3.56. The molecule has 0 aliphatic rings. The van der Waals surface area contributed by atoms with Crippen LogP contribution >= 0.6 is 0 Å². The maximum Gasteiger partial charge on any atom is 0.246 e. The predicted molar refractivity (Wildman–Crippen MR) is 64.8 cm³/mol. The number of aryl methyl sites for hydroxylation is 1. The zero-order valence-electron chi connectivity index (χ0n) is 10.2. The van der Waals surface area contributed by atoms with Gasteiger partial charge in [0.2, 0.25) is 10.5 Å². The summed E-state index contributed by atoms with van der Waals surface area (Å²) in [4.78, 5) is 0. The molecule has 17 heavy (non-hydrogen) atoms. The van der Waals surface area contributed by atoms with E-state index in [4.69, 9.17) is 4.43 Å². The lowest BCUT2D eigenvalue weighted by Crippen LogP contribution is -2.22. The number of benzene rings is 1. The SMILES string of the molecule is CC(C)(CCCCc1ccc(F)c(F)c1)O[Si]. The van der Waals surface area contributed by atoms with E-state index in [1.807, 2.05) is 13.8 Å². The summed E-state index contributed by atoms with van der Waals surface area (Å²) in [6, 6.07) is 4.07. The fraction of sp³-hybridized carbons (Fsp3) is 0.538. The van der Waals surface area contributed by atoms with Crippen LogP contribution in [0.4, 0.5) is 8.78 Å². The third-order valence-corrected chi connectivity index (χ3v) is 3.31. The van der Waals surface area contributed by atoms with E-state index in [1.54, 1.807) is 6.07 Å². The summed E-state index contributed by atoms with van der Waals surface area (Å²) in [6.45, 7) is 4.00. The minimum absolute atomic E-state index is 0.190. The van der Waals surface area contributed by atoms with Crippen LogP contribution in [-0.2, 0) is 10.8 Å². The molecule has 4 heteroatoms. The average Bonchev–Trinajstić information content (AvgIpc) is 2.29. The molecule has 93 valence electrons. The van der Waals surface area contributed by atoms with Gasteiger partial charge in [0.1, 0.15) is 0 Å². The van der Waals surface area contributed by atoms with Gasteiger partial charge in [-0.25, -0.2) is 8.78 Å². The van der Waals surface area contributed by atoms with Gasteiger partial charge in [0, 0.05) is 5.60 Å². The molecule has 3 radical (unpaired) electrons. The molecule has 0 fully saturated rings. The van der Waals surface area contributed by atoms with E-state index in [0.717, 1.165) is 31.2 Å². The van der Waals surface area contributed by atoms with Crippen LogP contribution < -0.4 is 0 Å². The van der Waals surface area contributed by atoms with E-state index in [-0.39, 0.29) is 5.60 Å². The van der Waals surface area contributed by atoms with Crippen molar-refractivity contribution in [3.8, 4) is 0 Å². The van der Waals surface area contributed by atoms with Gasteiger partial charge < -0.3 is 4.43 Å². The van der Waals surface area contributed by atoms with Crippen molar-refractivity contribution < 1.29 is 13.2 Å². The Morgan fingerprint density at radius 2 is 1.88 bits per heavy atom. The van der Waals surface area contributed by atoms with Crippen LogP contribution in [0.15, 0.2) is 18.2 Å². The topological polar surface area (TPSA) is 9.23 Å². The fourth-order valence-electron chi connectivity index (χ4n) is 1.63. The monoisotopic (exact) mass is 255 g/mol. The van der Waals surface area contributed by atoms with Crippen LogP contribution in [0.1, 0.15) is 38.7 Å². The van der Waals surface area contributed by atoms with Gasteiger partial charge in [-0.05, 0) is 50.8 Å². The van der Waals surface area contributed by atoms with Gasteiger partial charge in [-0.15, -0.1) is 0 Å². The first-order valence-electron chi connectivity index (χ1n) is 5.73. The molecular weight excluding hydrogens is 238 g/mol. The van der Waals surface area contributed by atoms with Gasteiger partial charge in [-0.2, -0.15) is 0 Å². The van der Waals surface area contributed by atoms with Gasteiger partial charge in [0.25, 0.3) is 0 Å². The first kappa shape index (κ1) is 14.3. The summed E-state index contributed by atoms with van der Waals surface area (Å²) >= 11 is 0. The Morgan fingerprint density at radius 1 is 1.18 bits per heavy atom. The maximum absolute atomic E-state index is 12.9. The van der Waals surface area contributed by atoms with Crippen molar-refractivity contribution in [3.63, 3.8) is 0 Å². The van der Waals surface area contributed by atoms with Crippen molar-refractivity contribution in [2.75, 3.05) is 0 Å². The van der Waals surface area contributed by atoms with Crippen molar-refractivity contribution in [1.82, 2.24) is 0 Å². The fourth-order valence-corrected chi connectivity index (χ4v) is 1.73. The van der Waals surface area contributed by atoms with Gasteiger partial charge in [-0.1, -0.05) is 12.5 Å².